The van der Waals surface area contributed by atoms with Crippen LogP contribution in [0.3, 0.4) is 0 Å². The average molecular weight is 254 g/mol. The minimum Gasteiger partial charge on any atom is -0.477 e. The molecule has 0 radical (unpaired) electrons. The number of hydrogen-bond donors (Lipinski definition) is 1. The average Bonchev–Trinajstić information content (AvgIpc) is 2.77. The van der Waals surface area contributed by atoms with Crippen LogP contribution >= 0.6 is 0 Å². The Labute approximate surface area is 106 Å². The fourth-order valence-electron chi connectivity index (χ4n) is 1.48. The first kappa shape index (κ1) is 14.2. The molecule has 100 valence electrons. The van der Waals surface area contributed by atoms with Crippen molar-refractivity contribution < 1.29 is 19.4 Å². The summed E-state index contributed by atoms with van der Waals surface area (Å²) in [6, 6.07) is 3.08. The second-order valence-electron chi connectivity index (χ2n) is 3.84. The lowest BCUT2D eigenvalue weighted by Crippen LogP contribution is -2.33. The number of nitrogens with zero attached hydrogens (tertiary/aromatic N) is 2. The summed E-state index contributed by atoms with van der Waals surface area (Å²) in [5.41, 5.74) is 0.113. The number of aromatic nitrogens is 1. The first-order valence-electron chi connectivity index (χ1n) is 5.76. The van der Waals surface area contributed by atoms with Crippen LogP contribution in [-0.4, -0.2) is 53.3 Å². The molecule has 1 amide bonds. The minimum absolute atomic E-state index is 0.0251. The Balaban J connectivity index is 2.53. The molecule has 6 heteroatoms. The fourth-order valence-corrected chi connectivity index (χ4v) is 1.48. The monoisotopic (exact) mass is 254 g/mol. The molecule has 0 atom stereocenters. The molecule has 1 heterocycles. The van der Waals surface area contributed by atoms with E-state index in [-0.39, 0.29) is 18.1 Å². The Morgan fingerprint density at radius 2 is 2.22 bits per heavy atom. The molecule has 0 aliphatic carbocycles. The molecule has 18 heavy (non-hydrogen) atoms. The molecule has 1 N–H and O–H groups in total. The maximum Gasteiger partial charge on any atom is 0.352 e. The van der Waals surface area contributed by atoms with Crippen LogP contribution in [0.5, 0.6) is 0 Å². The van der Waals surface area contributed by atoms with Gasteiger partial charge >= 0.3 is 5.97 Å². The second kappa shape index (κ2) is 6.80. The summed E-state index contributed by atoms with van der Waals surface area (Å²) in [4.78, 5) is 24.2. The summed E-state index contributed by atoms with van der Waals surface area (Å²) in [7, 11) is 1.67. The van der Waals surface area contributed by atoms with Crippen LogP contribution in [0.2, 0.25) is 0 Å². The van der Waals surface area contributed by atoms with E-state index in [1.807, 2.05) is 6.92 Å². The number of aromatic carboxylic acids is 1. The summed E-state index contributed by atoms with van der Waals surface area (Å²) < 4.78 is 6.58. The zero-order valence-electron chi connectivity index (χ0n) is 10.6. The van der Waals surface area contributed by atoms with E-state index < -0.39 is 5.97 Å². The Bertz CT molecular complexity index is 414. The largest absolute Gasteiger partial charge is 0.477 e. The predicted octanol–water partition coefficient (Wildman–Crippen LogP) is 0.681. The smallest absolute Gasteiger partial charge is 0.352 e. The number of amides is 1. The van der Waals surface area contributed by atoms with Crippen LogP contribution in [0.25, 0.3) is 0 Å². The SMILES string of the molecule is CCOCCN(C)C(=O)Cn1cccc1C(=O)O. The van der Waals surface area contributed by atoms with Gasteiger partial charge in [0.15, 0.2) is 0 Å². The van der Waals surface area contributed by atoms with Gasteiger partial charge in [0.2, 0.25) is 5.91 Å². The Morgan fingerprint density at radius 1 is 1.50 bits per heavy atom. The first-order chi connectivity index (χ1) is 8.56. The Morgan fingerprint density at radius 3 is 2.83 bits per heavy atom. The van der Waals surface area contributed by atoms with Gasteiger partial charge in [-0.1, -0.05) is 0 Å². The predicted molar refractivity (Wildman–Crippen MR) is 65.5 cm³/mol. The molecule has 0 bridgehead atoms. The third-order valence-electron chi connectivity index (χ3n) is 2.56. The van der Waals surface area contributed by atoms with E-state index in [1.54, 1.807) is 19.3 Å². The molecule has 1 aromatic rings. The highest BCUT2D eigenvalue weighted by atomic mass is 16.5. The molecular weight excluding hydrogens is 236 g/mol. The maximum absolute atomic E-state index is 11.8. The van der Waals surface area contributed by atoms with Crippen LogP contribution in [0, 0.1) is 0 Å². The van der Waals surface area contributed by atoms with Crippen molar-refractivity contribution in [1.29, 1.82) is 0 Å². The van der Waals surface area contributed by atoms with Crippen molar-refractivity contribution in [3.05, 3.63) is 24.0 Å². The first-order valence-corrected chi connectivity index (χ1v) is 5.76. The van der Waals surface area contributed by atoms with E-state index in [1.165, 1.54) is 15.5 Å². The highest BCUT2D eigenvalue weighted by molar-refractivity contribution is 5.86. The molecule has 0 spiro atoms. The van der Waals surface area contributed by atoms with E-state index in [0.29, 0.717) is 19.8 Å². The Hall–Kier alpha value is -1.82. The molecule has 0 saturated heterocycles. The third kappa shape index (κ3) is 3.89. The minimum atomic E-state index is -1.04. The van der Waals surface area contributed by atoms with E-state index in [4.69, 9.17) is 9.84 Å². The molecule has 6 nitrogen and oxygen atoms in total. The van der Waals surface area contributed by atoms with Gasteiger partial charge in [-0.15, -0.1) is 0 Å². The molecule has 1 rings (SSSR count). The van der Waals surface area contributed by atoms with Crippen LogP contribution in [0.1, 0.15) is 17.4 Å². The molecular formula is C12H18N2O4. The van der Waals surface area contributed by atoms with Gasteiger partial charge in [-0.3, -0.25) is 4.79 Å². The number of carbonyl (C=O) groups is 2. The van der Waals surface area contributed by atoms with Gasteiger partial charge in [0, 0.05) is 26.4 Å². The maximum atomic E-state index is 11.8. The van der Waals surface area contributed by atoms with E-state index in [0.717, 1.165) is 0 Å². The van der Waals surface area contributed by atoms with Gasteiger partial charge in [-0.25, -0.2) is 4.79 Å². The molecule has 0 saturated carbocycles. The van der Waals surface area contributed by atoms with Crippen LogP contribution in [0.4, 0.5) is 0 Å². The molecule has 0 aliphatic heterocycles. The lowest BCUT2D eigenvalue weighted by atomic mass is 10.4. The highest BCUT2D eigenvalue weighted by Gasteiger charge is 2.14. The number of hydrogen-bond acceptors (Lipinski definition) is 3. The van der Waals surface area contributed by atoms with Gasteiger partial charge in [-0.2, -0.15) is 0 Å². The van der Waals surface area contributed by atoms with Crippen LogP contribution in [-0.2, 0) is 16.1 Å². The summed E-state index contributed by atoms with van der Waals surface area (Å²) >= 11 is 0. The van der Waals surface area contributed by atoms with Gasteiger partial charge in [0.25, 0.3) is 0 Å². The molecule has 1 aromatic heterocycles. The number of likely N-dealkylation sites (N-methyl/N-ethyl adjacent to an activating group) is 1. The van der Waals surface area contributed by atoms with Crippen molar-refractivity contribution in [2.45, 2.75) is 13.5 Å². The normalized spacial score (nSPS) is 10.3. The van der Waals surface area contributed by atoms with Crippen molar-refractivity contribution in [2.75, 3.05) is 26.8 Å². The van der Waals surface area contributed by atoms with Crippen molar-refractivity contribution >= 4 is 11.9 Å². The van der Waals surface area contributed by atoms with Crippen LogP contribution in [0.15, 0.2) is 18.3 Å². The zero-order valence-corrected chi connectivity index (χ0v) is 10.6. The molecule has 0 aromatic carbocycles. The van der Waals surface area contributed by atoms with Gasteiger partial charge in [0.05, 0.1) is 6.61 Å². The number of carboxylic acid groups (broad SMARTS) is 1. The Kier molecular flexibility index (Phi) is 5.38. The van der Waals surface area contributed by atoms with Crippen molar-refractivity contribution in [2.24, 2.45) is 0 Å². The van der Waals surface area contributed by atoms with Crippen molar-refractivity contribution in [1.82, 2.24) is 9.47 Å². The molecule has 0 unspecified atom stereocenters. The van der Waals surface area contributed by atoms with Gasteiger partial charge in [0.1, 0.15) is 12.2 Å². The lowest BCUT2D eigenvalue weighted by Gasteiger charge is -2.17. The number of carbonyl (C=O) groups excluding carboxylic acids is 1. The summed E-state index contributed by atoms with van der Waals surface area (Å²) in [6.45, 7) is 3.51. The van der Waals surface area contributed by atoms with E-state index >= 15 is 0 Å². The third-order valence-corrected chi connectivity index (χ3v) is 2.56. The number of ether oxygens (including phenoxy) is 1. The summed E-state index contributed by atoms with van der Waals surface area (Å²) in [5, 5.41) is 8.91. The summed E-state index contributed by atoms with van der Waals surface area (Å²) in [6.07, 6.45) is 1.58. The highest BCUT2D eigenvalue weighted by Crippen LogP contribution is 2.03. The second-order valence-corrected chi connectivity index (χ2v) is 3.84. The number of rotatable bonds is 7. The van der Waals surface area contributed by atoms with E-state index in [2.05, 4.69) is 0 Å². The zero-order chi connectivity index (χ0) is 13.5. The van der Waals surface area contributed by atoms with Gasteiger partial charge < -0.3 is 19.3 Å². The molecule has 0 aliphatic rings. The fraction of sp³-hybridized carbons (Fsp3) is 0.500. The standard InChI is InChI=1S/C12H18N2O4/c1-3-18-8-7-13(2)11(15)9-14-6-4-5-10(14)12(16)17/h4-6H,3,7-9H2,1-2H3,(H,16,17). The topological polar surface area (TPSA) is 71.8 Å². The van der Waals surface area contributed by atoms with Crippen molar-refractivity contribution in [3.63, 3.8) is 0 Å². The van der Waals surface area contributed by atoms with Crippen molar-refractivity contribution in [3.8, 4) is 0 Å². The quantitative estimate of drug-likeness (QED) is 0.726. The van der Waals surface area contributed by atoms with Gasteiger partial charge in [-0.05, 0) is 19.1 Å². The summed E-state index contributed by atoms with van der Waals surface area (Å²) in [5.74, 6) is -1.18. The molecule has 0 fully saturated rings. The van der Waals surface area contributed by atoms with Crippen LogP contribution < -0.4 is 0 Å². The number of carboxylic acids is 1. The lowest BCUT2D eigenvalue weighted by molar-refractivity contribution is -0.131. The van der Waals surface area contributed by atoms with E-state index in [9.17, 15) is 9.59 Å².